The Hall–Kier alpha value is -1.90. The highest BCUT2D eigenvalue weighted by atomic mass is 19.1. The van der Waals surface area contributed by atoms with E-state index in [-0.39, 0.29) is 24.3 Å². The molecular formula is C15H17FN2O2. The van der Waals surface area contributed by atoms with E-state index in [0.717, 1.165) is 6.42 Å². The summed E-state index contributed by atoms with van der Waals surface area (Å²) in [7, 11) is 0. The van der Waals surface area contributed by atoms with Crippen LogP contribution in [0.15, 0.2) is 18.2 Å². The monoisotopic (exact) mass is 276 g/mol. The Bertz CT molecular complexity index is 563. The minimum Gasteiger partial charge on any atom is -0.376 e. The number of halogens is 1. The molecule has 4 nitrogen and oxygen atoms in total. The molecule has 0 saturated carbocycles. The van der Waals surface area contributed by atoms with Gasteiger partial charge in [0.25, 0.3) is 5.91 Å². The summed E-state index contributed by atoms with van der Waals surface area (Å²) in [4.78, 5) is 12.0. The van der Waals surface area contributed by atoms with Crippen molar-refractivity contribution in [3.8, 4) is 11.8 Å². The van der Waals surface area contributed by atoms with Gasteiger partial charge in [-0.05, 0) is 31.5 Å². The van der Waals surface area contributed by atoms with Gasteiger partial charge in [-0.2, -0.15) is 0 Å². The minimum atomic E-state index is -0.585. The van der Waals surface area contributed by atoms with Crippen molar-refractivity contribution in [1.29, 1.82) is 0 Å². The van der Waals surface area contributed by atoms with Gasteiger partial charge in [0.1, 0.15) is 5.82 Å². The van der Waals surface area contributed by atoms with Crippen molar-refractivity contribution in [2.45, 2.75) is 25.5 Å². The van der Waals surface area contributed by atoms with Crippen molar-refractivity contribution >= 4 is 5.91 Å². The molecule has 0 spiro atoms. The molecule has 1 amide bonds. The third-order valence-electron chi connectivity index (χ3n) is 3.24. The molecular weight excluding hydrogens is 259 g/mol. The number of nitrogens with two attached hydrogens (primary N) is 1. The number of nitrogens with one attached hydrogen (secondary N) is 1. The van der Waals surface area contributed by atoms with Crippen LogP contribution in [-0.2, 0) is 4.74 Å². The number of hydrogen-bond acceptors (Lipinski definition) is 3. The first-order valence-corrected chi connectivity index (χ1v) is 6.52. The Morgan fingerprint density at radius 1 is 1.60 bits per heavy atom. The van der Waals surface area contributed by atoms with Crippen LogP contribution in [0.4, 0.5) is 4.39 Å². The van der Waals surface area contributed by atoms with Gasteiger partial charge in [0.15, 0.2) is 0 Å². The third-order valence-corrected chi connectivity index (χ3v) is 3.24. The fourth-order valence-corrected chi connectivity index (χ4v) is 2.10. The Morgan fingerprint density at radius 2 is 2.40 bits per heavy atom. The number of hydrogen-bond donors (Lipinski definition) is 2. The first kappa shape index (κ1) is 14.5. The highest BCUT2D eigenvalue weighted by molar-refractivity contribution is 5.94. The van der Waals surface area contributed by atoms with Crippen LogP contribution < -0.4 is 11.1 Å². The molecule has 1 aromatic carbocycles. The fraction of sp³-hybridized carbons (Fsp3) is 0.400. The Kier molecular flexibility index (Phi) is 4.72. The first-order chi connectivity index (χ1) is 9.61. The van der Waals surface area contributed by atoms with Crippen LogP contribution in [0.25, 0.3) is 0 Å². The summed E-state index contributed by atoms with van der Waals surface area (Å²) >= 11 is 0. The normalized spacial score (nSPS) is 21.1. The van der Waals surface area contributed by atoms with E-state index in [1.54, 1.807) is 6.07 Å². The zero-order valence-electron chi connectivity index (χ0n) is 11.3. The van der Waals surface area contributed by atoms with Crippen molar-refractivity contribution in [3.63, 3.8) is 0 Å². The number of ether oxygens (including phenoxy) is 1. The largest absolute Gasteiger partial charge is 0.376 e. The number of amides is 1. The predicted octanol–water partition coefficient (Wildman–Crippen LogP) is 1.04. The molecule has 0 aromatic heterocycles. The third kappa shape index (κ3) is 3.35. The highest BCUT2D eigenvalue weighted by Crippen LogP contribution is 2.15. The van der Waals surface area contributed by atoms with Crippen molar-refractivity contribution in [3.05, 3.63) is 35.1 Å². The molecule has 1 aromatic rings. The van der Waals surface area contributed by atoms with Crippen LogP contribution in [0.3, 0.4) is 0 Å². The molecule has 0 radical (unpaired) electrons. The molecule has 106 valence electrons. The maximum atomic E-state index is 13.9. The molecule has 20 heavy (non-hydrogen) atoms. The van der Waals surface area contributed by atoms with Crippen LogP contribution in [0.5, 0.6) is 0 Å². The number of carbonyl (C=O) groups excluding carboxylic acids is 1. The molecule has 2 unspecified atom stereocenters. The molecule has 1 aliphatic rings. The second-order valence-corrected chi connectivity index (χ2v) is 4.65. The van der Waals surface area contributed by atoms with E-state index in [1.807, 2.05) is 6.92 Å². The van der Waals surface area contributed by atoms with Gasteiger partial charge in [-0.25, -0.2) is 4.39 Å². The number of carbonyl (C=O) groups is 1. The molecule has 5 heteroatoms. The quantitative estimate of drug-likeness (QED) is 0.793. The van der Waals surface area contributed by atoms with E-state index in [9.17, 15) is 9.18 Å². The van der Waals surface area contributed by atoms with E-state index in [4.69, 9.17) is 10.5 Å². The molecule has 2 rings (SSSR count). The molecule has 0 bridgehead atoms. The summed E-state index contributed by atoms with van der Waals surface area (Å²) in [6.07, 6.45) is 0.700. The standard InChI is InChI=1S/C15H17FN2O2/c1-10-14(6-8-20-10)18-15(19)12-5-4-11(3-2-7-17)9-13(12)16/h4-5,9-10,14H,6-8,17H2,1H3,(H,18,19). The van der Waals surface area contributed by atoms with E-state index in [1.165, 1.54) is 12.1 Å². The Morgan fingerprint density at radius 3 is 3.00 bits per heavy atom. The summed E-state index contributed by atoms with van der Waals surface area (Å²) in [6.45, 7) is 2.71. The molecule has 0 aliphatic carbocycles. The van der Waals surface area contributed by atoms with Gasteiger partial charge in [-0.1, -0.05) is 11.8 Å². The van der Waals surface area contributed by atoms with Crippen LogP contribution >= 0.6 is 0 Å². The number of rotatable bonds is 2. The van der Waals surface area contributed by atoms with E-state index >= 15 is 0 Å². The molecule has 3 N–H and O–H groups in total. The van der Waals surface area contributed by atoms with Gasteiger partial charge in [0.05, 0.1) is 24.3 Å². The van der Waals surface area contributed by atoms with Gasteiger partial charge >= 0.3 is 0 Å². The fourth-order valence-electron chi connectivity index (χ4n) is 2.10. The average Bonchev–Trinajstić information content (AvgIpc) is 2.82. The van der Waals surface area contributed by atoms with Gasteiger partial charge in [0.2, 0.25) is 0 Å². The summed E-state index contributed by atoms with van der Waals surface area (Å²) in [5, 5.41) is 2.79. The van der Waals surface area contributed by atoms with Crippen LogP contribution in [0, 0.1) is 17.7 Å². The molecule has 1 saturated heterocycles. The van der Waals surface area contributed by atoms with Gasteiger partial charge in [-0.15, -0.1) is 0 Å². The average molecular weight is 276 g/mol. The maximum Gasteiger partial charge on any atom is 0.254 e. The molecule has 1 fully saturated rings. The lowest BCUT2D eigenvalue weighted by molar-refractivity contribution is 0.0862. The summed E-state index contributed by atoms with van der Waals surface area (Å²) in [5.74, 6) is 4.35. The van der Waals surface area contributed by atoms with Crippen LogP contribution in [0.2, 0.25) is 0 Å². The Labute approximate surface area is 117 Å². The lowest BCUT2D eigenvalue weighted by Crippen LogP contribution is -2.39. The minimum absolute atomic E-state index is 0.0161. The van der Waals surface area contributed by atoms with E-state index in [2.05, 4.69) is 17.2 Å². The van der Waals surface area contributed by atoms with Crippen molar-refractivity contribution in [1.82, 2.24) is 5.32 Å². The lowest BCUT2D eigenvalue weighted by atomic mass is 10.1. The second-order valence-electron chi connectivity index (χ2n) is 4.65. The van der Waals surface area contributed by atoms with Crippen molar-refractivity contribution in [2.24, 2.45) is 5.73 Å². The van der Waals surface area contributed by atoms with Crippen LogP contribution in [-0.4, -0.2) is 31.2 Å². The Balaban J connectivity index is 2.10. The zero-order valence-corrected chi connectivity index (χ0v) is 11.3. The maximum absolute atomic E-state index is 13.9. The first-order valence-electron chi connectivity index (χ1n) is 6.52. The summed E-state index contributed by atoms with van der Waals surface area (Å²) < 4.78 is 19.3. The molecule has 1 heterocycles. The van der Waals surface area contributed by atoms with Crippen molar-refractivity contribution in [2.75, 3.05) is 13.2 Å². The highest BCUT2D eigenvalue weighted by Gasteiger charge is 2.26. The number of benzene rings is 1. The topological polar surface area (TPSA) is 64.3 Å². The summed E-state index contributed by atoms with van der Waals surface area (Å²) in [5.41, 5.74) is 5.77. The smallest absolute Gasteiger partial charge is 0.254 e. The SMILES string of the molecule is CC1OCCC1NC(=O)c1ccc(C#CCN)cc1F. The molecule has 1 aliphatic heterocycles. The van der Waals surface area contributed by atoms with Crippen molar-refractivity contribution < 1.29 is 13.9 Å². The predicted molar refractivity (Wildman–Crippen MR) is 73.6 cm³/mol. The van der Waals surface area contributed by atoms with E-state index in [0.29, 0.717) is 12.2 Å². The second kappa shape index (κ2) is 6.51. The van der Waals surface area contributed by atoms with E-state index < -0.39 is 11.7 Å². The van der Waals surface area contributed by atoms with Gasteiger partial charge in [0, 0.05) is 12.2 Å². The van der Waals surface area contributed by atoms with Gasteiger partial charge < -0.3 is 15.8 Å². The van der Waals surface area contributed by atoms with Gasteiger partial charge in [-0.3, -0.25) is 4.79 Å². The lowest BCUT2D eigenvalue weighted by Gasteiger charge is -2.16. The zero-order chi connectivity index (χ0) is 14.5. The summed E-state index contributed by atoms with van der Waals surface area (Å²) in [6, 6.07) is 4.21. The molecule has 2 atom stereocenters. The van der Waals surface area contributed by atoms with Crippen LogP contribution in [0.1, 0.15) is 29.3 Å².